The lowest BCUT2D eigenvalue weighted by Crippen LogP contribution is -2.04. The molecule has 0 N–H and O–H groups in total. The molecule has 0 aliphatic heterocycles. The van der Waals surface area contributed by atoms with Crippen molar-refractivity contribution in [2.75, 3.05) is 7.05 Å². The minimum absolute atomic E-state index is 0.194. The molecule has 0 saturated carbocycles. The lowest BCUT2D eigenvalue weighted by atomic mass is 11.2. The highest BCUT2D eigenvalue weighted by Crippen LogP contribution is 1.53. The third kappa shape index (κ3) is 3.43. The van der Waals surface area contributed by atoms with Crippen molar-refractivity contribution in [3.05, 3.63) is 0 Å². The molecule has 0 aliphatic rings. The van der Waals surface area contributed by atoms with Gasteiger partial charge in [0.2, 0.25) is 6.41 Å². The van der Waals surface area contributed by atoms with E-state index in [9.17, 15) is 5.21 Å². The van der Waals surface area contributed by atoms with Crippen molar-refractivity contribution in [2.24, 2.45) is 0 Å². The van der Waals surface area contributed by atoms with Gasteiger partial charge in [-0.2, -0.15) is 5.06 Å². The average Bonchev–Trinajstić information content (AvgIpc) is 1.38. The number of hydrogen-bond donors (Lipinski definition) is 0. The van der Waals surface area contributed by atoms with Crippen molar-refractivity contribution in [3.63, 3.8) is 0 Å². The largest absolute Gasteiger partial charge is 0.276 e. The molecule has 0 aliphatic carbocycles. The van der Waals surface area contributed by atoms with Crippen LogP contribution >= 0.6 is 0 Å². The fraction of sp³-hybridized carbons (Fsp3) is 0.500. The molecule has 3 heteroatoms. The third-order valence-corrected chi connectivity index (χ3v) is 0.148. The second-order valence-corrected chi connectivity index (χ2v) is 0.652. The van der Waals surface area contributed by atoms with Crippen LogP contribution in [0.3, 0.4) is 0 Å². The summed E-state index contributed by atoms with van der Waals surface area (Å²) in [5, 5.41) is 9.56. The van der Waals surface area contributed by atoms with Gasteiger partial charge in [-0.3, -0.25) is 4.79 Å². The van der Waals surface area contributed by atoms with Crippen LogP contribution < -0.4 is 0 Å². The summed E-state index contributed by atoms with van der Waals surface area (Å²) < 4.78 is 0. The molecule has 0 fully saturated rings. The van der Waals surface area contributed by atoms with Crippen LogP contribution in [-0.4, -0.2) is 18.5 Å². The van der Waals surface area contributed by atoms with Gasteiger partial charge in [0.15, 0.2) is 0 Å². The molecule has 0 aromatic carbocycles. The van der Waals surface area contributed by atoms with E-state index in [1.165, 1.54) is 0 Å². The van der Waals surface area contributed by atoms with E-state index in [1.54, 1.807) is 0 Å². The summed E-state index contributed by atoms with van der Waals surface area (Å²) in [4.78, 5) is 9.12. The highest BCUT2D eigenvalue weighted by Gasteiger charge is 1.74. The van der Waals surface area contributed by atoms with Crippen molar-refractivity contribution in [1.82, 2.24) is 5.06 Å². The van der Waals surface area contributed by atoms with Crippen LogP contribution in [0.4, 0.5) is 0 Å². The second-order valence-electron chi connectivity index (χ2n) is 0.652. The molecule has 0 bridgehead atoms. The highest BCUT2D eigenvalue weighted by molar-refractivity contribution is 5.43. The molecule has 0 saturated heterocycles. The van der Waals surface area contributed by atoms with Gasteiger partial charge in [0.25, 0.3) is 0 Å². The number of nitrogens with zero attached hydrogens (tertiary/aromatic N) is 1. The van der Waals surface area contributed by atoms with E-state index in [-0.39, 0.29) is 11.5 Å². The van der Waals surface area contributed by atoms with Gasteiger partial charge in [0, 0.05) is 7.05 Å². The van der Waals surface area contributed by atoms with Gasteiger partial charge >= 0.3 is 0 Å². The van der Waals surface area contributed by atoms with Crippen molar-refractivity contribution in [3.8, 4) is 0 Å². The SMILES string of the molecule is CN([O])C=O. The van der Waals surface area contributed by atoms with Crippen LogP contribution in [-0.2, 0) is 10.0 Å². The van der Waals surface area contributed by atoms with E-state index >= 15 is 0 Å². The molecule has 29 valence electrons. The smallest absolute Gasteiger partial charge is 0.235 e. The summed E-state index contributed by atoms with van der Waals surface area (Å²) >= 11 is 0. The minimum Gasteiger partial charge on any atom is -0.276 e. The molecule has 1 radical (unpaired) electrons. The first-order valence-electron chi connectivity index (χ1n) is 1.12. The number of amides is 1. The van der Waals surface area contributed by atoms with E-state index in [0.29, 0.717) is 0 Å². The third-order valence-electron chi connectivity index (χ3n) is 0.148. The Hall–Kier alpha value is -0.570. The Morgan fingerprint density at radius 3 is 2.00 bits per heavy atom. The zero-order chi connectivity index (χ0) is 4.28. The van der Waals surface area contributed by atoms with Gasteiger partial charge < -0.3 is 0 Å². The summed E-state index contributed by atoms with van der Waals surface area (Å²) in [7, 11) is 1.13. The van der Waals surface area contributed by atoms with Crippen molar-refractivity contribution < 1.29 is 10.0 Å². The van der Waals surface area contributed by atoms with Crippen LogP contribution in [0, 0.1) is 0 Å². The van der Waals surface area contributed by atoms with E-state index in [4.69, 9.17) is 4.79 Å². The van der Waals surface area contributed by atoms with Crippen molar-refractivity contribution in [2.45, 2.75) is 0 Å². The summed E-state index contributed by atoms with van der Waals surface area (Å²) in [5.74, 6) is 0. The molecule has 0 aromatic heterocycles. The molecular weight excluding hydrogens is 70.0 g/mol. The van der Waals surface area contributed by atoms with Gasteiger partial charge in [-0.05, 0) is 0 Å². The number of carbonyl (C=O) groups excluding carboxylic acids is 1. The molecule has 0 heterocycles. The van der Waals surface area contributed by atoms with Crippen LogP contribution in [0.5, 0.6) is 0 Å². The molecule has 0 spiro atoms. The molecule has 0 unspecified atom stereocenters. The Morgan fingerprint density at radius 1 is 1.80 bits per heavy atom. The first-order chi connectivity index (χ1) is 2.27. The molecule has 5 heavy (non-hydrogen) atoms. The normalized spacial score (nSPS) is 6.80. The fourth-order valence-electron chi connectivity index (χ4n) is 0. The summed E-state index contributed by atoms with van der Waals surface area (Å²) in [6.07, 6.45) is 0.194. The van der Waals surface area contributed by atoms with Gasteiger partial charge in [0.1, 0.15) is 0 Å². The second kappa shape index (κ2) is 1.72. The van der Waals surface area contributed by atoms with E-state index < -0.39 is 0 Å². The molecule has 0 aromatic rings. The van der Waals surface area contributed by atoms with Gasteiger partial charge in [0.05, 0.1) is 0 Å². The van der Waals surface area contributed by atoms with Crippen LogP contribution in [0.15, 0.2) is 0 Å². The Morgan fingerprint density at radius 2 is 2.00 bits per heavy atom. The lowest BCUT2D eigenvalue weighted by molar-refractivity contribution is -0.162. The maximum atomic E-state index is 9.36. The van der Waals surface area contributed by atoms with Gasteiger partial charge in [-0.25, -0.2) is 0 Å². The first-order valence-corrected chi connectivity index (χ1v) is 1.12. The van der Waals surface area contributed by atoms with Gasteiger partial charge in [-0.15, -0.1) is 0 Å². The predicted octanol–water partition coefficient (Wildman–Crippen LogP) is -0.580. The van der Waals surface area contributed by atoms with Crippen LogP contribution in [0.25, 0.3) is 0 Å². The Balaban J connectivity index is 2.83. The summed E-state index contributed by atoms with van der Waals surface area (Å²) in [5.41, 5.74) is 0. The molecule has 0 atom stereocenters. The van der Waals surface area contributed by atoms with E-state index in [2.05, 4.69) is 0 Å². The fourth-order valence-corrected chi connectivity index (χ4v) is 0. The number of hydroxylamine groups is 2. The number of carbonyl (C=O) groups is 1. The average molecular weight is 74.1 g/mol. The summed E-state index contributed by atoms with van der Waals surface area (Å²) in [6, 6.07) is 0. The summed E-state index contributed by atoms with van der Waals surface area (Å²) in [6.45, 7) is 0. The highest BCUT2D eigenvalue weighted by atomic mass is 16.5. The van der Waals surface area contributed by atoms with E-state index in [1.807, 2.05) is 0 Å². The monoisotopic (exact) mass is 74.0 g/mol. The Labute approximate surface area is 29.8 Å². The van der Waals surface area contributed by atoms with E-state index in [0.717, 1.165) is 7.05 Å². The van der Waals surface area contributed by atoms with Crippen LogP contribution in [0.2, 0.25) is 0 Å². The minimum atomic E-state index is 0.194. The van der Waals surface area contributed by atoms with Gasteiger partial charge in [-0.1, -0.05) is 5.21 Å². The molecule has 0 rings (SSSR count). The molecular formula is C2H4NO2. The van der Waals surface area contributed by atoms with Crippen molar-refractivity contribution >= 4 is 6.41 Å². The number of hydrogen-bond acceptors (Lipinski definition) is 1. The lowest BCUT2D eigenvalue weighted by Gasteiger charge is -1.85. The molecule has 1 amide bonds. The van der Waals surface area contributed by atoms with Crippen LogP contribution in [0.1, 0.15) is 0 Å². The zero-order valence-corrected chi connectivity index (χ0v) is 2.84. The number of rotatable bonds is 1. The molecule has 3 nitrogen and oxygen atoms in total. The maximum absolute atomic E-state index is 9.36. The Kier molecular flexibility index (Phi) is 1.53. The quantitative estimate of drug-likeness (QED) is 0.303. The topological polar surface area (TPSA) is 40.2 Å². The van der Waals surface area contributed by atoms with Crippen molar-refractivity contribution in [1.29, 1.82) is 0 Å². The predicted molar refractivity (Wildman–Crippen MR) is 14.5 cm³/mol. The maximum Gasteiger partial charge on any atom is 0.235 e. The Bertz CT molecular complexity index is 34.6. The standard InChI is InChI=1S/C2H4NO2/c1-3(5)2-4/h2H,1H3. The zero-order valence-electron chi connectivity index (χ0n) is 2.84. The first kappa shape index (κ1) is 4.43.